The van der Waals surface area contributed by atoms with E-state index < -0.39 is 0 Å². The number of hydrogen-bond acceptors (Lipinski definition) is 3. The maximum atomic E-state index is 12.6. The van der Waals surface area contributed by atoms with Crippen LogP contribution in [0.15, 0.2) is 12.1 Å². The Balaban J connectivity index is 1.91. The summed E-state index contributed by atoms with van der Waals surface area (Å²) in [5.74, 6) is 1.07. The maximum absolute atomic E-state index is 12.6. The van der Waals surface area contributed by atoms with Gasteiger partial charge in [0.15, 0.2) is 0 Å². The topological polar surface area (TPSA) is 57.5 Å². The van der Waals surface area contributed by atoms with Crippen LogP contribution >= 0.6 is 0 Å². The van der Waals surface area contributed by atoms with Crippen LogP contribution in [-0.2, 0) is 10.2 Å². The molecule has 1 aromatic rings. The average molecular weight is 373 g/mol. The molecule has 27 heavy (non-hydrogen) atoms. The number of carbonyl (C=O) groups excluding carboxylic acids is 1. The molecular formula is C24H36O3. The number of phenolic OH excluding ortho intramolecular Hbond substituents is 2. The second-order valence-electron chi connectivity index (χ2n) is 10.1. The van der Waals surface area contributed by atoms with Crippen LogP contribution in [0.5, 0.6) is 11.5 Å². The monoisotopic (exact) mass is 372 g/mol. The zero-order chi connectivity index (χ0) is 20.0. The summed E-state index contributed by atoms with van der Waals surface area (Å²) in [5.41, 5.74) is 1.32. The molecule has 2 bridgehead atoms. The molecule has 150 valence electrons. The smallest absolute Gasteiger partial charge is 0.137 e. The van der Waals surface area contributed by atoms with Gasteiger partial charge >= 0.3 is 0 Å². The minimum Gasteiger partial charge on any atom is -0.508 e. The summed E-state index contributed by atoms with van der Waals surface area (Å²) in [6, 6.07) is 3.59. The minimum atomic E-state index is -0.156. The lowest BCUT2D eigenvalue weighted by molar-refractivity contribution is -0.151. The summed E-state index contributed by atoms with van der Waals surface area (Å²) in [6.45, 7) is 10.9. The third-order valence-electron chi connectivity index (χ3n) is 7.59. The highest BCUT2D eigenvalue weighted by molar-refractivity contribution is 5.86. The number of unbranched alkanes of at least 4 members (excludes halogenated alkanes) is 3. The molecule has 0 heterocycles. The van der Waals surface area contributed by atoms with E-state index in [0.29, 0.717) is 17.9 Å². The Hall–Kier alpha value is -1.51. The molecule has 0 saturated heterocycles. The van der Waals surface area contributed by atoms with Gasteiger partial charge in [-0.1, -0.05) is 66.4 Å². The van der Waals surface area contributed by atoms with Gasteiger partial charge in [-0.05, 0) is 35.7 Å². The Labute approximate surface area is 164 Å². The summed E-state index contributed by atoms with van der Waals surface area (Å²) in [7, 11) is 0. The second-order valence-corrected chi connectivity index (χ2v) is 10.1. The van der Waals surface area contributed by atoms with E-state index in [1.807, 2.05) is 6.07 Å². The molecule has 3 saturated carbocycles. The van der Waals surface area contributed by atoms with Crippen LogP contribution in [0.3, 0.4) is 0 Å². The maximum Gasteiger partial charge on any atom is 0.137 e. The van der Waals surface area contributed by atoms with Crippen molar-refractivity contribution in [1.29, 1.82) is 0 Å². The summed E-state index contributed by atoms with van der Waals surface area (Å²) in [6.07, 6.45) is 7.13. The minimum absolute atomic E-state index is 0.0371. The van der Waals surface area contributed by atoms with E-state index in [9.17, 15) is 15.0 Å². The van der Waals surface area contributed by atoms with Crippen LogP contribution in [-0.4, -0.2) is 16.0 Å². The molecular weight excluding hydrogens is 336 g/mol. The zero-order valence-electron chi connectivity index (χ0n) is 17.6. The van der Waals surface area contributed by atoms with Crippen molar-refractivity contribution in [2.24, 2.45) is 17.3 Å². The molecule has 4 rings (SSSR count). The van der Waals surface area contributed by atoms with Crippen molar-refractivity contribution < 1.29 is 15.0 Å². The third kappa shape index (κ3) is 3.39. The number of hydrogen-bond donors (Lipinski definition) is 2. The lowest BCUT2D eigenvalue weighted by Gasteiger charge is -2.59. The largest absolute Gasteiger partial charge is 0.508 e. The number of benzene rings is 1. The highest BCUT2D eigenvalue weighted by atomic mass is 16.3. The van der Waals surface area contributed by atoms with E-state index in [1.54, 1.807) is 6.07 Å². The molecule has 3 aliphatic rings. The van der Waals surface area contributed by atoms with Crippen molar-refractivity contribution in [2.45, 2.75) is 90.9 Å². The number of phenols is 2. The number of fused-ring (bicyclic) bond motifs is 2. The Bertz CT molecular complexity index is 717. The number of aromatic hydroxyl groups is 2. The van der Waals surface area contributed by atoms with Crippen LogP contribution in [0, 0.1) is 17.3 Å². The number of Topliss-reactive ketones (excluding diaryl/α,β-unsaturated/α-hetero) is 1. The lowest BCUT2D eigenvalue weighted by atomic mass is 9.44. The number of carbonyl (C=O) groups is 1. The normalized spacial score (nSPS) is 26.7. The Morgan fingerprint density at radius 3 is 2.44 bits per heavy atom. The van der Waals surface area contributed by atoms with Crippen molar-refractivity contribution in [3.63, 3.8) is 0 Å². The third-order valence-corrected chi connectivity index (χ3v) is 7.59. The van der Waals surface area contributed by atoms with Gasteiger partial charge in [0.1, 0.15) is 17.3 Å². The average Bonchev–Trinajstić information content (AvgIpc) is 2.57. The summed E-state index contributed by atoms with van der Waals surface area (Å²) in [5, 5.41) is 21.8. The second kappa shape index (κ2) is 7.14. The van der Waals surface area contributed by atoms with Crippen LogP contribution < -0.4 is 0 Å². The molecule has 3 heteroatoms. The predicted molar refractivity (Wildman–Crippen MR) is 109 cm³/mol. The van der Waals surface area contributed by atoms with Gasteiger partial charge in [0.25, 0.3) is 0 Å². The van der Waals surface area contributed by atoms with Crippen LogP contribution in [0.2, 0.25) is 0 Å². The molecule has 1 aromatic carbocycles. The van der Waals surface area contributed by atoms with Crippen LogP contribution in [0.4, 0.5) is 0 Å². The Kier molecular flexibility index (Phi) is 5.35. The van der Waals surface area contributed by atoms with E-state index in [1.165, 1.54) is 19.3 Å². The van der Waals surface area contributed by atoms with Crippen molar-refractivity contribution in [1.82, 2.24) is 0 Å². The Morgan fingerprint density at radius 1 is 1.15 bits per heavy atom. The first-order valence-corrected chi connectivity index (χ1v) is 10.7. The van der Waals surface area contributed by atoms with Gasteiger partial charge in [0.05, 0.1) is 0 Å². The highest BCUT2D eigenvalue weighted by Gasteiger charge is 2.59. The number of rotatable bonds is 7. The summed E-state index contributed by atoms with van der Waals surface area (Å²) < 4.78 is 0. The fourth-order valence-corrected chi connectivity index (χ4v) is 5.63. The van der Waals surface area contributed by atoms with E-state index in [-0.39, 0.29) is 39.9 Å². The molecule has 0 radical (unpaired) electrons. The predicted octanol–water partition coefficient (Wildman–Crippen LogP) is 6.06. The van der Waals surface area contributed by atoms with Gasteiger partial charge in [0, 0.05) is 29.4 Å². The van der Waals surface area contributed by atoms with E-state index in [4.69, 9.17) is 0 Å². The molecule has 3 aliphatic carbocycles. The molecule has 0 aliphatic heterocycles. The highest BCUT2D eigenvalue weighted by Crippen LogP contribution is 2.64. The SMILES string of the molecule is CCCCCCC(C)(C)c1ccc(O)c(C2CC(=O)C3CC2C3(C)C)c1O. The van der Waals surface area contributed by atoms with Gasteiger partial charge in [-0.25, -0.2) is 0 Å². The molecule has 2 N–H and O–H groups in total. The molecule has 0 amide bonds. The zero-order valence-corrected chi connectivity index (χ0v) is 17.6. The van der Waals surface area contributed by atoms with Gasteiger partial charge in [-0.3, -0.25) is 4.79 Å². The first-order chi connectivity index (χ1) is 12.6. The van der Waals surface area contributed by atoms with Gasteiger partial charge in [-0.15, -0.1) is 0 Å². The quantitative estimate of drug-likeness (QED) is 0.572. The molecule has 0 aromatic heterocycles. The Morgan fingerprint density at radius 2 is 1.85 bits per heavy atom. The van der Waals surface area contributed by atoms with Crippen LogP contribution in [0.1, 0.15) is 96.6 Å². The summed E-state index contributed by atoms with van der Waals surface area (Å²) in [4.78, 5) is 12.6. The number of ketones is 1. The van der Waals surface area contributed by atoms with Crippen molar-refractivity contribution in [3.05, 3.63) is 23.3 Å². The van der Waals surface area contributed by atoms with Gasteiger partial charge in [0.2, 0.25) is 0 Å². The van der Waals surface area contributed by atoms with Crippen molar-refractivity contribution >= 4 is 5.78 Å². The van der Waals surface area contributed by atoms with Crippen LogP contribution in [0.25, 0.3) is 0 Å². The van der Waals surface area contributed by atoms with E-state index in [2.05, 4.69) is 34.6 Å². The first-order valence-electron chi connectivity index (χ1n) is 10.7. The molecule has 3 fully saturated rings. The van der Waals surface area contributed by atoms with Gasteiger partial charge in [-0.2, -0.15) is 0 Å². The molecule has 3 atom stereocenters. The summed E-state index contributed by atoms with van der Waals surface area (Å²) >= 11 is 0. The fraction of sp³-hybridized carbons (Fsp3) is 0.708. The van der Waals surface area contributed by atoms with Crippen molar-refractivity contribution in [2.75, 3.05) is 0 Å². The van der Waals surface area contributed by atoms with E-state index >= 15 is 0 Å². The van der Waals surface area contributed by atoms with E-state index in [0.717, 1.165) is 24.8 Å². The van der Waals surface area contributed by atoms with Gasteiger partial charge < -0.3 is 10.2 Å². The first kappa shape index (κ1) is 20.2. The lowest BCUT2D eigenvalue weighted by Crippen LogP contribution is -2.56. The molecule has 0 spiro atoms. The van der Waals surface area contributed by atoms with Crippen molar-refractivity contribution in [3.8, 4) is 11.5 Å². The molecule has 3 unspecified atom stereocenters. The fourth-order valence-electron chi connectivity index (χ4n) is 5.63. The standard InChI is InChI=1S/C24H36O3/c1-6-7-8-9-12-23(2,3)16-10-11-19(25)21(22(16)27)15-13-20(26)18-14-17(15)24(18,4)5/h10-11,15,17-18,25,27H,6-9,12-14H2,1-5H3. The molecule has 3 nitrogen and oxygen atoms in total.